The number of carbonyl (C=O) groups excluding carboxylic acids is 5. The van der Waals surface area contributed by atoms with Gasteiger partial charge in [0.25, 0.3) is 0 Å². The number of carboxylic acids is 4. The smallest absolute Gasteiger partial charge is 0.310 e. The summed E-state index contributed by atoms with van der Waals surface area (Å²) in [6, 6.07) is 0. The number of aliphatic hydroxyl groups is 5. The molecule has 0 spiro atoms. The predicted octanol–water partition coefficient (Wildman–Crippen LogP) is -3.18. The average molecular weight is 589 g/mol. The van der Waals surface area contributed by atoms with Crippen molar-refractivity contribution in [3.8, 4) is 0 Å². The summed E-state index contributed by atoms with van der Waals surface area (Å²) in [5.74, 6) is -5.50. The maximum Gasteiger partial charge on any atom is 0.310 e. The summed E-state index contributed by atoms with van der Waals surface area (Å²) in [5.41, 5.74) is 0. The number of aliphatic hydroxyl groups excluding tert-OH is 5. The van der Waals surface area contributed by atoms with Gasteiger partial charge in [-0.15, -0.1) is 0 Å². The van der Waals surface area contributed by atoms with E-state index in [9.17, 15) is 43.2 Å². The molecule has 0 heterocycles. The van der Waals surface area contributed by atoms with Crippen LogP contribution in [0.3, 0.4) is 0 Å². The minimum atomic E-state index is -1.79. The highest BCUT2D eigenvalue weighted by atomic mass is 16.4. The zero-order valence-electron chi connectivity index (χ0n) is 22.1. The zero-order chi connectivity index (χ0) is 33.2. The molecule has 0 aliphatic heterocycles. The molecule has 0 saturated heterocycles. The highest BCUT2D eigenvalue weighted by Gasteiger charge is 2.29. The van der Waals surface area contributed by atoms with Crippen LogP contribution in [0.5, 0.6) is 0 Å². The summed E-state index contributed by atoms with van der Waals surface area (Å²) >= 11 is 0. The Kier molecular flexibility index (Phi) is 32.2. The lowest BCUT2D eigenvalue weighted by atomic mass is 10.0. The van der Waals surface area contributed by atoms with Gasteiger partial charge in [-0.3, -0.25) is 38.4 Å². The van der Waals surface area contributed by atoms with Gasteiger partial charge in [-0.1, -0.05) is 0 Å². The minimum absolute atomic E-state index is 0.0258. The molecule has 0 fully saturated rings. The molecule has 4 atom stereocenters. The minimum Gasteiger partial charge on any atom is -0.481 e. The van der Waals surface area contributed by atoms with Gasteiger partial charge in [0.2, 0.25) is 0 Å². The van der Waals surface area contributed by atoms with E-state index in [2.05, 4.69) is 0 Å². The SMILES string of the molecule is CC(=O)CC(=O)O.CC(=O)CC(=O)O.CC(=O)CC(=O)O.CC(=O)CC(=O)O.O=C[C@H](O)[C@@H](O)[C@H](O)[C@H](O)CO. The molecule has 0 amide bonds. The van der Waals surface area contributed by atoms with Crippen molar-refractivity contribution in [3.63, 3.8) is 0 Å². The summed E-state index contributed by atoms with van der Waals surface area (Å²) < 4.78 is 0. The topological polar surface area (TPSA) is 336 Å². The zero-order valence-corrected chi connectivity index (χ0v) is 22.1. The largest absolute Gasteiger partial charge is 0.481 e. The summed E-state index contributed by atoms with van der Waals surface area (Å²) in [6.45, 7) is 4.22. The second-order valence-corrected chi connectivity index (χ2v) is 7.45. The van der Waals surface area contributed by atoms with Crippen LogP contribution in [-0.2, 0) is 43.2 Å². The van der Waals surface area contributed by atoms with E-state index in [-0.39, 0.29) is 55.1 Å². The molecule has 0 bridgehead atoms. The Labute approximate surface area is 227 Å². The second kappa shape index (κ2) is 28.0. The molecule has 0 aliphatic carbocycles. The van der Waals surface area contributed by atoms with Crippen molar-refractivity contribution < 1.29 is 89.1 Å². The monoisotopic (exact) mass is 588 g/mol. The Hall–Kier alpha value is -3.97. The van der Waals surface area contributed by atoms with E-state index in [1.807, 2.05) is 0 Å². The predicted molar refractivity (Wildman–Crippen MR) is 129 cm³/mol. The molecule has 0 aliphatic rings. The Morgan fingerprint density at radius 3 is 0.850 bits per heavy atom. The maximum atomic E-state index is 9.90. The third-order valence-corrected chi connectivity index (χ3v) is 3.02. The third kappa shape index (κ3) is 47.3. The highest BCUT2D eigenvalue weighted by molar-refractivity contribution is 5.94. The second-order valence-electron chi connectivity index (χ2n) is 7.45. The van der Waals surface area contributed by atoms with Crippen molar-refractivity contribution in [2.45, 2.75) is 77.8 Å². The van der Waals surface area contributed by atoms with Gasteiger partial charge in [0.1, 0.15) is 73.2 Å². The normalized spacial score (nSPS) is 12.0. The standard InChI is InChI=1S/C6H12O6.4C4H6O3/c7-1-3(9)5(11)6(12)4(10)2-8;4*1-3(5)2-4(6)7/h1,3-6,8-12H,2H2;4*2H2,1H3,(H,6,7)/t3-,4+,5+,6+;;;;/m0..../s1. The molecule has 0 aromatic heterocycles. The Morgan fingerprint density at radius 2 is 0.750 bits per heavy atom. The quantitative estimate of drug-likeness (QED) is 0.0756. The van der Waals surface area contributed by atoms with E-state index in [1.165, 1.54) is 27.7 Å². The van der Waals surface area contributed by atoms with Crippen LogP contribution in [0.15, 0.2) is 0 Å². The van der Waals surface area contributed by atoms with Crippen LogP contribution in [0, 0.1) is 0 Å². The van der Waals surface area contributed by atoms with Crippen molar-refractivity contribution in [2.75, 3.05) is 6.61 Å². The first-order chi connectivity index (χ1) is 18.0. The number of aldehydes is 1. The lowest BCUT2D eigenvalue weighted by Crippen LogP contribution is -2.46. The number of hydrogen-bond donors (Lipinski definition) is 9. The number of hydrogen-bond acceptors (Lipinski definition) is 14. The molecule has 0 radical (unpaired) electrons. The molecule has 18 nitrogen and oxygen atoms in total. The van der Waals surface area contributed by atoms with Crippen molar-refractivity contribution >= 4 is 53.3 Å². The van der Waals surface area contributed by atoms with E-state index < -0.39 is 54.9 Å². The van der Waals surface area contributed by atoms with Gasteiger partial charge in [-0.25, -0.2) is 0 Å². The van der Waals surface area contributed by atoms with Crippen molar-refractivity contribution in [2.24, 2.45) is 0 Å². The molecular formula is C22H36O18. The molecule has 0 aromatic carbocycles. The van der Waals surface area contributed by atoms with Crippen molar-refractivity contribution in [1.82, 2.24) is 0 Å². The summed E-state index contributed by atoms with van der Waals surface area (Å²) in [6.07, 6.45) is -8.28. The number of carboxylic acid groups (broad SMARTS) is 4. The van der Waals surface area contributed by atoms with E-state index in [0.717, 1.165) is 0 Å². The third-order valence-electron chi connectivity index (χ3n) is 3.02. The number of Topliss-reactive ketones (excluding diaryl/α,β-unsaturated/α-hetero) is 4. The van der Waals surface area contributed by atoms with Crippen LogP contribution >= 0.6 is 0 Å². The lowest BCUT2D eigenvalue weighted by Gasteiger charge is -2.22. The van der Waals surface area contributed by atoms with E-state index >= 15 is 0 Å². The Bertz CT molecular complexity index is 682. The van der Waals surface area contributed by atoms with Gasteiger partial charge in [-0.2, -0.15) is 0 Å². The van der Waals surface area contributed by atoms with Gasteiger partial charge in [-0.05, 0) is 27.7 Å². The molecule has 232 valence electrons. The Morgan fingerprint density at radius 1 is 0.525 bits per heavy atom. The summed E-state index contributed by atoms with van der Waals surface area (Å²) in [4.78, 5) is 87.7. The van der Waals surface area contributed by atoms with Crippen molar-refractivity contribution in [3.05, 3.63) is 0 Å². The first kappa shape index (κ1) is 45.9. The number of carbonyl (C=O) groups is 9. The number of aliphatic carboxylic acids is 4. The van der Waals surface area contributed by atoms with Gasteiger partial charge in [0.05, 0.1) is 6.61 Å². The van der Waals surface area contributed by atoms with Crippen LogP contribution in [0.1, 0.15) is 53.4 Å². The van der Waals surface area contributed by atoms with Crippen LogP contribution in [-0.4, -0.2) is 130 Å². The number of rotatable bonds is 13. The van der Waals surface area contributed by atoms with Gasteiger partial charge >= 0.3 is 23.9 Å². The van der Waals surface area contributed by atoms with E-state index in [0.29, 0.717) is 0 Å². The van der Waals surface area contributed by atoms with E-state index in [4.69, 9.17) is 46.0 Å². The molecular weight excluding hydrogens is 552 g/mol. The molecule has 18 heteroatoms. The fourth-order valence-electron chi connectivity index (χ4n) is 1.47. The van der Waals surface area contributed by atoms with Gasteiger partial charge < -0.3 is 50.8 Å². The fourth-order valence-corrected chi connectivity index (χ4v) is 1.47. The van der Waals surface area contributed by atoms with Gasteiger partial charge in [0, 0.05) is 0 Å². The molecule has 9 N–H and O–H groups in total. The van der Waals surface area contributed by atoms with Gasteiger partial charge in [0.15, 0.2) is 6.29 Å². The molecule has 0 saturated carbocycles. The fraction of sp³-hybridized carbons (Fsp3) is 0.591. The average Bonchev–Trinajstić information content (AvgIpc) is 2.74. The van der Waals surface area contributed by atoms with Crippen LogP contribution < -0.4 is 0 Å². The lowest BCUT2D eigenvalue weighted by molar-refractivity contribution is -0.141. The van der Waals surface area contributed by atoms with Crippen LogP contribution in [0.4, 0.5) is 0 Å². The maximum absolute atomic E-state index is 9.90. The molecule has 0 aromatic rings. The van der Waals surface area contributed by atoms with Crippen LogP contribution in [0.2, 0.25) is 0 Å². The molecule has 40 heavy (non-hydrogen) atoms. The summed E-state index contributed by atoms with van der Waals surface area (Å²) in [7, 11) is 0. The van der Waals surface area contributed by atoms with Crippen molar-refractivity contribution in [1.29, 1.82) is 0 Å². The Balaban J connectivity index is -0.000000131. The first-order valence-electron chi connectivity index (χ1n) is 10.7. The van der Waals surface area contributed by atoms with E-state index in [1.54, 1.807) is 0 Å². The first-order valence-corrected chi connectivity index (χ1v) is 10.7. The molecule has 0 rings (SSSR count). The highest BCUT2D eigenvalue weighted by Crippen LogP contribution is 2.02. The van der Waals surface area contributed by atoms with Crippen LogP contribution in [0.25, 0.3) is 0 Å². The summed E-state index contributed by atoms with van der Waals surface area (Å²) in [5, 5.41) is 75.0. The molecule has 0 unspecified atom stereocenters. The number of ketones is 4.